The number of nitrogens with two attached hydrogens (primary N) is 1. The zero-order chi connectivity index (χ0) is 20.4. The molecule has 1 saturated heterocycles. The molecule has 2 aromatic carbocycles. The third-order valence-corrected chi connectivity index (χ3v) is 6.00. The van der Waals surface area contributed by atoms with Crippen LogP contribution in [0.4, 0.5) is 5.69 Å². The van der Waals surface area contributed by atoms with Crippen LogP contribution in [0.2, 0.25) is 0 Å². The highest BCUT2D eigenvalue weighted by atomic mass is 32.3. The lowest BCUT2D eigenvalue weighted by Crippen LogP contribution is -2.41. The molecule has 2 aromatic rings. The van der Waals surface area contributed by atoms with Gasteiger partial charge in [-0.2, -0.15) is 0 Å². The molecule has 154 valence electrons. The van der Waals surface area contributed by atoms with E-state index in [2.05, 4.69) is 9.12 Å². The molecular formula is C20H24N4O4S. The maximum Gasteiger partial charge on any atom is 0.253 e. The van der Waals surface area contributed by atoms with Crippen LogP contribution in [-0.2, 0) is 0 Å². The van der Waals surface area contributed by atoms with E-state index in [1.54, 1.807) is 18.2 Å². The molecule has 8 nitrogen and oxygen atoms in total. The number of carbonyl (C=O) groups is 1. The Hall–Kier alpha value is -2.75. The molecule has 0 bridgehead atoms. The number of fused-ring (bicyclic) bond motifs is 1. The smallest absolute Gasteiger partial charge is 0.253 e. The van der Waals surface area contributed by atoms with Gasteiger partial charge in [-0.15, -0.1) is 4.40 Å². The lowest BCUT2D eigenvalue weighted by Gasteiger charge is -2.34. The topological polar surface area (TPSA) is 120 Å². The molecule has 2 heterocycles. The second-order valence-corrected chi connectivity index (χ2v) is 8.64. The molecule has 29 heavy (non-hydrogen) atoms. The van der Waals surface area contributed by atoms with Gasteiger partial charge in [0.1, 0.15) is 5.75 Å². The molecule has 2 aliphatic heterocycles. The van der Waals surface area contributed by atoms with Gasteiger partial charge in [-0.3, -0.25) is 18.6 Å². The van der Waals surface area contributed by atoms with Crippen LogP contribution in [0.15, 0.2) is 52.9 Å². The highest BCUT2D eigenvalue weighted by molar-refractivity contribution is 8.24. The Morgan fingerprint density at radius 1 is 1.24 bits per heavy atom. The monoisotopic (exact) mass is 416 g/mol. The molecule has 5 N–H and O–H groups in total. The summed E-state index contributed by atoms with van der Waals surface area (Å²) >= 11 is 0. The average Bonchev–Trinajstić information content (AvgIpc) is 2.71. The highest BCUT2D eigenvalue weighted by Gasteiger charge is 2.27. The predicted molar refractivity (Wildman–Crippen MR) is 114 cm³/mol. The van der Waals surface area contributed by atoms with Crippen LogP contribution in [0, 0.1) is 5.92 Å². The Morgan fingerprint density at radius 2 is 2.03 bits per heavy atom. The van der Waals surface area contributed by atoms with Crippen LogP contribution in [0.1, 0.15) is 28.8 Å². The van der Waals surface area contributed by atoms with Crippen LogP contribution in [-0.4, -0.2) is 45.4 Å². The van der Waals surface area contributed by atoms with Gasteiger partial charge >= 0.3 is 0 Å². The van der Waals surface area contributed by atoms with E-state index >= 15 is 0 Å². The number of hydrogen-bond acceptors (Lipinski definition) is 7. The molecule has 9 heteroatoms. The quantitative estimate of drug-likeness (QED) is 0.607. The summed E-state index contributed by atoms with van der Waals surface area (Å²) in [4.78, 5) is 14.6. The summed E-state index contributed by atoms with van der Waals surface area (Å²) in [6, 6.07) is 14.5. The normalized spacial score (nSPS) is 21.4. The maximum absolute atomic E-state index is 12.7. The summed E-state index contributed by atoms with van der Waals surface area (Å²) in [7, 11) is -3.33. The summed E-state index contributed by atoms with van der Waals surface area (Å²) in [5.41, 5.74) is 7.62. The van der Waals surface area contributed by atoms with Crippen molar-refractivity contribution in [1.29, 1.82) is 0 Å². The van der Waals surface area contributed by atoms with Gasteiger partial charge in [-0.25, -0.2) is 0 Å². The van der Waals surface area contributed by atoms with E-state index in [0.717, 1.165) is 19.4 Å². The third kappa shape index (κ3) is 4.31. The summed E-state index contributed by atoms with van der Waals surface area (Å²) in [6.45, 7) is 1.80. The first kappa shape index (κ1) is 19.6. The number of piperidine rings is 1. The van der Waals surface area contributed by atoms with Crippen molar-refractivity contribution < 1.29 is 18.6 Å². The van der Waals surface area contributed by atoms with Crippen molar-refractivity contribution in [3.05, 3.63) is 59.7 Å². The third-order valence-electron chi connectivity index (χ3n) is 5.06. The Kier molecular flexibility index (Phi) is 5.35. The number of benzene rings is 2. The number of likely N-dealkylation sites (tertiary alicyclic amines) is 1. The Bertz CT molecular complexity index is 935. The second-order valence-electron chi connectivity index (χ2n) is 7.21. The summed E-state index contributed by atoms with van der Waals surface area (Å²) in [6.07, 6.45) is 1.89. The number of nitrogens with zero attached hydrogens (tertiary/aromatic N) is 2. The fourth-order valence-corrected chi connectivity index (χ4v) is 4.59. The minimum Gasteiger partial charge on any atom is -0.492 e. The van der Waals surface area contributed by atoms with Crippen molar-refractivity contribution in [1.82, 2.24) is 4.90 Å². The molecule has 1 fully saturated rings. The Balaban J connectivity index is 1.43. The van der Waals surface area contributed by atoms with Crippen molar-refractivity contribution in [2.75, 3.05) is 24.4 Å². The summed E-state index contributed by atoms with van der Waals surface area (Å²) < 4.78 is 31.9. The number of nitrogens with one attached hydrogen (secondary N) is 1. The number of ether oxygens (including phenoxy) is 1. The van der Waals surface area contributed by atoms with Gasteiger partial charge in [-0.1, -0.05) is 24.3 Å². The number of amides is 1. The average molecular weight is 417 g/mol. The molecular weight excluding hydrogens is 392 g/mol. The largest absolute Gasteiger partial charge is 0.492 e. The summed E-state index contributed by atoms with van der Waals surface area (Å²) in [5.74, 6) is 0.789. The zero-order valence-electron chi connectivity index (χ0n) is 15.8. The van der Waals surface area contributed by atoms with Crippen LogP contribution in [0.3, 0.4) is 0 Å². The molecule has 2 aliphatic rings. The minimum absolute atomic E-state index is 0.0267. The zero-order valence-corrected chi connectivity index (χ0v) is 16.6. The lowest BCUT2D eigenvalue weighted by molar-refractivity contribution is 0.0633. The van der Waals surface area contributed by atoms with Crippen molar-refractivity contribution >= 4 is 28.4 Å². The van der Waals surface area contributed by atoms with E-state index in [4.69, 9.17) is 10.5 Å². The van der Waals surface area contributed by atoms with Gasteiger partial charge in [0.25, 0.3) is 5.91 Å². The van der Waals surface area contributed by atoms with Gasteiger partial charge < -0.3 is 15.4 Å². The van der Waals surface area contributed by atoms with Crippen LogP contribution < -0.4 is 15.2 Å². The van der Waals surface area contributed by atoms with E-state index in [9.17, 15) is 13.9 Å². The molecule has 4 rings (SSSR count). The van der Waals surface area contributed by atoms with Gasteiger partial charge in [0.05, 0.1) is 17.9 Å². The van der Waals surface area contributed by atoms with Crippen LogP contribution >= 0.6 is 11.0 Å². The van der Waals surface area contributed by atoms with E-state index in [1.165, 1.54) is 0 Å². The predicted octanol–water partition coefficient (Wildman–Crippen LogP) is 3.33. The number of rotatable bonds is 4. The van der Waals surface area contributed by atoms with Gasteiger partial charge in [-0.05, 0) is 48.1 Å². The van der Waals surface area contributed by atoms with Gasteiger partial charge in [0.15, 0.2) is 5.84 Å². The first-order valence-electron chi connectivity index (χ1n) is 9.45. The number of amidine groups is 1. The highest BCUT2D eigenvalue weighted by Crippen LogP contribution is 2.46. The standard InChI is InChI=1S/C20H24N4O4S/c21-19-18-16(22-29(26,27)23-19)9-4-10-17(18)28-13-14-6-5-11-24(12-14)20(25)15-7-2-1-3-8-15/h1-4,7-10,14,22,26-27H,5-6,11-13H2,(H2,21,23)/t14-/m0/s1. The van der Waals surface area contributed by atoms with E-state index in [-0.39, 0.29) is 17.7 Å². The number of carbonyl (C=O) groups excluding carboxylic acids is 1. The van der Waals surface area contributed by atoms with Gasteiger partial charge in [0, 0.05) is 24.6 Å². The first-order chi connectivity index (χ1) is 13.9. The van der Waals surface area contributed by atoms with Gasteiger partial charge in [0.2, 0.25) is 0 Å². The molecule has 0 saturated carbocycles. The van der Waals surface area contributed by atoms with Crippen molar-refractivity contribution in [2.24, 2.45) is 16.0 Å². The molecule has 0 aromatic heterocycles. The Labute approximate surface area is 171 Å². The fraction of sp³-hybridized carbons (Fsp3) is 0.300. The van der Waals surface area contributed by atoms with Crippen molar-refractivity contribution in [3.63, 3.8) is 0 Å². The van der Waals surface area contributed by atoms with Crippen molar-refractivity contribution in [2.45, 2.75) is 12.8 Å². The fourth-order valence-electron chi connectivity index (χ4n) is 3.71. The molecule has 1 atom stereocenters. The first-order valence-corrected chi connectivity index (χ1v) is 11.0. The minimum atomic E-state index is -3.33. The SMILES string of the molecule is NC1=NS(O)(O)Nc2cccc(OC[C@H]3CCCN(C(=O)c4ccccc4)C3)c21. The van der Waals surface area contributed by atoms with E-state index in [0.29, 0.717) is 35.7 Å². The molecule has 1 amide bonds. The second kappa shape index (κ2) is 7.94. The molecule has 0 spiro atoms. The van der Waals surface area contributed by atoms with Crippen molar-refractivity contribution in [3.8, 4) is 5.75 Å². The summed E-state index contributed by atoms with van der Waals surface area (Å²) in [5, 5.41) is 0. The maximum atomic E-state index is 12.7. The number of hydrogen-bond donors (Lipinski definition) is 4. The molecule has 0 unspecified atom stereocenters. The Morgan fingerprint density at radius 3 is 2.83 bits per heavy atom. The molecule has 0 radical (unpaired) electrons. The van der Waals surface area contributed by atoms with Crippen LogP contribution in [0.5, 0.6) is 5.75 Å². The lowest BCUT2D eigenvalue weighted by atomic mass is 9.98. The van der Waals surface area contributed by atoms with E-state index in [1.807, 2.05) is 35.2 Å². The number of anilines is 1. The van der Waals surface area contributed by atoms with E-state index < -0.39 is 11.0 Å². The van der Waals surface area contributed by atoms with Crippen LogP contribution in [0.25, 0.3) is 0 Å². The molecule has 0 aliphatic carbocycles.